The summed E-state index contributed by atoms with van der Waals surface area (Å²) in [6.45, 7) is 2.86. The summed E-state index contributed by atoms with van der Waals surface area (Å²) in [6.07, 6.45) is -2.08. The van der Waals surface area contributed by atoms with Gasteiger partial charge in [-0.1, -0.05) is 15.9 Å². The predicted molar refractivity (Wildman–Crippen MR) is 104 cm³/mol. The Balaban J connectivity index is 2.86. The first kappa shape index (κ1) is 25.1. The van der Waals surface area contributed by atoms with Gasteiger partial charge in [-0.2, -0.15) is 0 Å². The summed E-state index contributed by atoms with van der Waals surface area (Å²) in [5.74, 6) is -0.545. The molecule has 0 spiro atoms. The van der Waals surface area contributed by atoms with Gasteiger partial charge < -0.3 is 14.2 Å². The molecule has 1 rings (SSSR count). The second-order valence-electron chi connectivity index (χ2n) is 5.60. The van der Waals surface area contributed by atoms with E-state index in [-0.39, 0.29) is 31.5 Å². The number of alkyl halides is 3. The zero-order valence-corrected chi connectivity index (χ0v) is 19.0. The van der Waals surface area contributed by atoms with Crippen LogP contribution in [0.15, 0.2) is 0 Å². The molecule has 0 aromatic rings. The summed E-state index contributed by atoms with van der Waals surface area (Å²) in [5, 5.41) is 5.43. The first-order valence-electron chi connectivity index (χ1n) is 8.21. The maximum atomic E-state index is 12.9. The highest BCUT2D eigenvalue weighted by molar-refractivity contribution is 9.09. The highest BCUT2D eigenvalue weighted by Crippen LogP contribution is 2.43. The zero-order valence-electron chi connectivity index (χ0n) is 15.0. The number of nitrogens with one attached hydrogen (secondary N) is 2. The maximum absolute atomic E-state index is 12.9. The van der Waals surface area contributed by atoms with E-state index in [0.717, 1.165) is 0 Å². The van der Waals surface area contributed by atoms with Crippen molar-refractivity contribution in [2.24, 2.45) is 0 Å². The maximum Gasteiger partial charge on any atom is 0.343 e. The molecule has 0 unspecified atom stereocenters. The standard InChI is InChI=1S/C14H24BrCl2N2O7P/c1-9(20)23-8-13-12(24-10(2)21)7-11(15)14(25-13)26-27(22,18-5-3-16)19-6-4-17/h11-14H,3-8H2,1-2H3,(H2,18,19,22)/t11-,12+,13-,14-/m1/s1. The van der Waals surface area contributed by atoms with Crippen molar-refractivity contribution in [3.8, 4) is 0 Å². The number of carbonyl (C=O) groups is 2. The van der Waals surface area contributed by atoms with Crippen LogP contribution < -0.4 is 10.2 Å². The fraction of sp³-hybridized carbons (Fsp3) is 0.857. The van der Waals surface area contributed by atoms with Crippen molar-refractivity contribution in [1.29, 1.82) is 0 Å². The van der Waals surface area contributed by atoms with Crippen LogP contribution in [-0.4, -0.2) is 66.7 Å². The van der Waals surface area contributed by atoms with Crippen LogP contribution in [0.5, 0.6) is 0 Å². The number of hydrogen-bond donors (Lipinski definition) is 2. The van der Waals surface area contributed by atoms with Gasteiger partial charge in [0.1, 0.15) is 18.8 Å². The molecule has 0 bridgehead atoms. The number of rotatable bonds is 11. The lowest BCUT2D eigenvalue weighted by Gasteiger charge is -2.39. The minimum atomic E-state index is -3.51. The molecular formula is C14H24BrCl2N2O7P. The summed E-state index contributed by atoms with van der Waals surface area (Å²) < 4.78 is 34.6. The number of esters is 2. The third-order valence-electron chi connectivity index (χ3n) is 3.33. The normalized spacial score (nSPS) is 25.8. The van der Waals surface area contributed by atoms with E-state index in [1.54, 1.807) is 0 Å². The molecule has 0 aromatic carbocycles. The summed E-state index contributed by atoms with van der Waals surface area (Å²) in [7, 11) is -3.51. The van der Waals surface area contributed by atoms with E-state index in [1.807, 2.05) is 0 Å². The number of ether oxygens (including phenoxy) is 3. The largest absolute Gasteiger partial charge is 0.463 e. The SMILES string of the molecule is CC(=O)OC[C@H]1O[C@H](OP(=O)(NCCCl)NCCCl)[C@H](Br)C[C@@H]1OC(C)=O. The van der Waals surface area contributed by atoms with E-state index in [0.29, 0.717) is 6.42 Å². The highest BCUT2D eigenvalue weighted by atomic mass is 79.9. The van der Waals surface area contributed by atoms with Crippen molar-refractivity contribution in [3.63, 3.8) is 0 Å². The Morgan fingerprint density at radius 2 is 1.78 bits per heavy atom. The van der Waals surface area contributed by atoms with E-state index in [1.165, 1.54) is 13.8 Å². The number of halogens is 3. The second kappa shape index (κ2) is 12.6. The van der Waals surface area contributed by atoms with Gasteiger partial charge in [-0.15, -0.1) is 23.2 Å². The molecule has 1 saturated heterocycles. The van der Waals surface area contributed by atoms with Gasteiger partial charge in [0.05, 0.1) is 4.83 Å². The summed E-state index contributed by atoms with van der Waals surface area (Å²) in [4.78, 5) is 22.0. The third-order valence-corrected chi connectivity index (χ3v) is 6.29. The predicted octanol–water partition coefficient (Wildman–Crippen LogP) is 2.14. The van der Waals surface area contributed by atoms with Crippen molar-refractivity contribution >= 4 is 58.7 Å². The Hall–Kier alpha value is 0.0700. The van der Waals surface area contributed by atoms with Crippen molar-refractivity contribution in [2.75, 3.05) is 31.5 Å². The van der Waals surface area contributed by atoms with Gasteiger partial charge in [-0.25, -0.2) is 10.2 Å². The molecular weight excluding hydrogens is 490 g/mol. The van der Waals surface area contributed by atoms with E-state index in [9.17, 15) is 14.2 Å². The molecule has 1 aliphatic heterocycles. The van der Waals surface area contributed by atoms with Crippen LogP contribution in [0.3, 0.4) is 0 Å². The fourth-order valence-corrected chi connectivity index (χ4v) is 5.04. The average molecular weight is 514 g/mol. The van der Waals surface area contributed by atoms with Gasteiger partial charge >= 0.3 is 19.6 Å². The monoisotopic (exact) mass is 512 g/mol. The Labute approximate surface area is 176 Å². The Morgan fingerprint density at radius 1 is 1.19 bits per heavy atom. The van der Waals surface area contributed by atoms with E-state index < -0.39 is 42.9 Å². The lowest BCUT2D eigenvalue weighted by molar-refractivity contribution is -0.209. The minimum absolute atomic E-state index is 0.138. The van der Waals surface area contributed by atoms with Crippen LogP contribution in [0, 0.1) is 0 Å². The van der Waals surface area contributed by atoms with Crippen molar-refractivity contribution in [2.45, 2.75) is 43.6 Å². The van der Waals surface area contributed by atoms with Crippen molar-refractivity contribution in [1.82, 2.24) is 10.2 Å². The summed E-state index contributed by atoms with van der Waals surface area (Å²) in [6, 6.07) is 0. The van der Waals surface area contributed by atoms with E-state index in [4.69, 9.17) is 41.9 Å². The first-order valence-corrected chi connectivity index (χ1v) is 11.8. The summed E-state index contributed by atoms with van der Waals surface area (Å²) >= 11 is 14.7. The average Bonchev–Trinajstić information content (AvgIpc) is 2.59. The highest BCUT2D eigenvalue weighted by Gasteiger charge is 2.43. The van der Waals surface area contributed by atoms with Crippen LogP contribution in [0.1, 0.15) is 20.3 Å². The molecule has 0 radical (unpaired) electrons. The Kier molecular flexibility index (Phi) is 11.7. The smallest absolute Gasteiger partial charge is 0.343 e. The molecule has 27 heavy (non-hydrogen) atoms. The van der Waals surface area contributed by atoms with Gasteiger partial charge in [0.2, 0.25) is 0 Å². The first-order chi connectivity index (χ1) is 12.7. The number of hydrogen-bond acceptors (Lipinski definition) is 7. The van der Waals surface area contributed by atoms with Crippen molar-refractivity contribution < 1.29 is 32.9 Å². The summed E-state index contributed by atoms with van der Waals surface area (Å²) in [5.41, 5.74) is 0. The van der Waals surface area contributed by atoms with Gasteiger partial charge in [-0.3, -0.25) is 18.7 Å². The molecule has 158 valence electrons. The van der Waals surface area contributed by atoms with Gasteiger partial charge in [0, 0.05) is 45.1 Å². The van der Waals surface area contributed by atoms with E-state index >= 15 is 0 Å². The molecule has 0 aromatic heterocycles. The third kappa shape index (κ3) is 9.41. The van der Waals surface area contributed by atoms with Crippen LogP contribution in [0.4, 0.5) is 0 Å². The topological polar surface area (TPSA) is 112 Å². The molecule has 9 nitrogen and oxygen atoms in total. The van der Waals surface area contributed by atoms with Crippen molar-refractivity contribution in [3.05, 3.63) is 0 Å². The van der Waals surface area contributed by atoms with Gasteiger partial charge in [0.25, 0.3) is 0 Å². The molecule has 1 aliphatic rings. The van der Waals surface area contributed by atoms with Crippen LogP contribution in [0.25, 0.3) is 0 Å². The molecule has 4 atom stereocenters. The molecule has 0 amide bonds. The van der Waals surface area contributed by atoms with Crippen LogP contribution >= 0.6 is 46.8 Å². The molecule has 0 saturated carbocycles. The van der Waals surface area contributed by atoms with Crippen LogP contribution in [0.2, 0.25) is 0 Å². The lowest BCUT2D eigenvalue weighted by atomic mass is 10.1. The quantitative estimate of drug-likeness (QED) is 0.244. The van der Waals surface area contributed by atoms with E-state index in [2.05, 4.69) is 26.1 Å². The molecule has 0 aliphatic carbocycles. The molecule has 13 heteroatoms. The Morgan fingerprint density at radius 3 is 2.26 bits per heavy atom. The fourth-order valence-electron chi connectivity index (χ4n) is 2.26. The Bertz CT molecular complexity index is 534. The molecule has 2 N–H and O–H groups in total. The second-order valence-corrected chi connectivity index (χ2v) is 9.47. The van der Waals surface area contributed by atoms with Gasteiger partial charge in [0.15, 0.2) is 6.29 Å². The number of carbonyl (C=O) groups excluding carboxylic acids is 2. The van der Waals surface area contributed by atoms with Crippen LogP contribution in [-0.2, 0) is 32.9 Å². The zero-order chi connectivity index (χ0) is 20.4. The van der Waals surface area contributed by atoms with Gasteiger partial charge in [-0.05, 0) is 0 Å². The lowest BCUT2D eigenvalue weighted by Crippen LogP contribution is -2.50. The molecule has 1 fully saturated rings. The minimum Gasteiger partial charge on any atom is -0.463 e. The molecule has 1 heterocycles.